The summed E-state index contributed by atoms with van der Waals surface area (Å²) < 4.78 is 43.7. The van der Waals surface area contributed by atoms with E-state index in [1.54, 1.807) is 0 Å². The number of carbonyl (C=O) groups is 2. The first-order chi connectivity index (χ1) is 15.8. The number of ether oxygens (including phenoxy) is 5. The molecule has 3 rings (SSSR count). The van der Waals surface area contributed by atoms with Crippen molar-refractivity contribution < 1.29 is 37.7 Å². The Kier molecular flexibility index (Phi) is 8.55. The molecule has 0 saturated carbocycles. The molecule has 8 heteroatoms. The van der Waals surface area contributed by atoms with Crippen LogP contribution < -0.4 is 0 Å². The summed E-state index contributed by atoms with van der Waals surface area (Å²) in [6.07, 6.45) is -5.21. The van der Waals surface area contributed by atoms with Crippen LogP contribution in [0.4, 0.5) is 4.39 Å². The van der Waals surface area contributed by atoms with Crippen LogP contribution in [0.5, 0.6) is 0 Å². The molecular formula is C25H29FO7. The zero-order chi connectivity index (χ0) is 23.8. The van der Waals surface area contributed by atoms with E-state index in [4.69, 9.17) is 23.7 Å². The van der Waals surface area contributed by atoms with Crippen molar-refractivity contribution in [3.05, 3.63) is 71.8 Å². The lowest BCUT2D eigenvalue weighted by Crippen LogP contribution is -2.54. The minimum Gasteiger partial charge on any atom is -0.453 e. The maximum Gasteiger partial charge on any atom is 0.305 e. The van der Waals surface area contributed by atoms with Crippen LogP contribution in [-0.2, 0) is 46.5 Å². The van der Waals surface area contributed by atoms with Gasteiger partial charge in [0, 0.05) is 13.8 Å². The highest BCUT2D eigenvalue weighted by molar-refractivity contribution is 5.67. The molecule has 2 aromatic carbocycles. The number of hydrogen-bond acceptors (Lipinski definition) is 7. The van der Waals surface area contributed by atoms with Crippen molar-refractivity contribution in [1.29, 1.82) is 0 Å². The van der Waals surface area contributed by atoms with E-state index in [-0.39, 0.29) is 19.8 Å². The fourth-order valence-electron chi connectivity index (χ4n) is 3.78. The molecule has 1 saturated heterocycles. The van der Waals surface area contributed by atoms with Crippen molar-refractivity contribution in [1.82, 2.24) is 0 Å². The molecule has 2 aromatic rings. The van der Waals surface area contributed by atoms with E-state index in [1.807, 2.05) is 60.7 Å². The number of alkyl halides is 1. The molecular weight excluding hydrogens is 431 g/mol. The third-order valence-corrected chi connectivity index (χ3v) is 5.35. The molecule has 0 bridgehead atoms. The minimum atomic E-state index is -1.68. The standard InChI is InChI=1S/C25H29FO7/c1-17(26)25(16-29-14-20-10-6-4-7-11-20)23(30-15-21-12-8-5-9-13-21)22(31-18(2)27)24(33-25)32-19(3)28/h4-13,17,22-24H,14-16H2,1-3H3/t17?,22-,23+,24-,25+/m1/s1. The van der Waals surface area contributed by atoms with Crippen LogP contribution in [0.25, 0.3) is 0 Å². The number of rotatable bonds is 10. The zero-order valence-corrected chi connectivity index (χ0v) is 18.9. The number of esters is 2. The second-order valence-corrected chi connectivity index (χ2v) is 7.94. The zero-order valence-electron chi connectivity index (χ0n) is 18.9. The van der Waals surface area contributed by atoms with Crippen LogP contribution in [0.2, 0.25) is 0 Å². The molecule has 0 radical (unpaired) electrons. The topological polar surface area (TPSA) is 80.3 Å². The summed E-state index contributed by atoms with van der Waals surface area (Å²) in [5.74, 6) is -1.30. The van der Waals surface area contributed by atoms with E-state index in [0.29, 0.717) is 0 Å². The number of halogens is 1. The molecule has 1 fully saturated rings. The Bertz CT molecular complexity index is 905. The largest absolute Gasteiger partial charge is 0.453 e. The van der Waals surface area contributed by atoms with Gasteiger partial charge in [-0.05, 0) is 18.1 Å². The Morgan fingerprint density at radius 1 is 0.939 bits per heavy atom. The summed E-state index contributed by atoms with van der Waals surface area (Å²) >= 11 is 0. The summed E-state index contributed by atoms with van der Waals surface area (Å²) in [5, 5.41) is 0. The Hall–Kier alpha value is -2.81. The van der Waals surface area contributed by atoms with Crippen molar-refractivity contribution >= 4 is 11.9 Å². The fraction of sp³-hybridized carbons (Fsp3) is 0.440. The van der Waals surface area contributed by atoms with Gasteiger partial charge in [-0.1, -0.05) is 60.7 Å². The second-order valence-electron chi connectivity index (χ2n) is 7.94. The Morgan fingerprint density at radius 3 is 2.00 bits per heavy atom. The molecule has 1 aliphatic rings. The van der Waals surface area contributed by atoms with Crippen LogP contribution in [0.3, 0.4) is 0 Å². The lowest BCUT2D eigenvalue weighted by atomic mass is 9.91. The predicted octanol–water partition coefficient (Wildman–Crippen LogP) is 3.74. The molecule has 0 aliphatic carbocycles. The van der Waals surface area contributed by atoms with Crippen LogP contribution in [0.15, 0.2) is 60.7 Å². The van der Waals surface area contributed by atoms with Crippen molar-refractivity contribution in [2.24, 2.45) is 0 Å². The first kappa shape index (κ1) is 24.8. The monoisotopic (exact) mass is 460 g/mol. The third kappa shape index (κ3) is 6.37. The number of hydrogen-bond donors (Lipinski definition) is 0. The van der Waals surface area contributed by atoms with Crippen LogP contribution in [0.1, 0.15) is 31.9 Å². The van der Waals surface area contributed by atoms with E-state index in [0.717, 1.165) is 11.1 Å². The third-order valence-electron chi connectivity index (χ3n) is 5.35. The summed E-state index contributed by atoms with van der Waals surface area (Å²) in [6, 6.07) is 18.7. The van der Waals surface area contributed by atoms with Gasteiger partial charge in [-0.3, -0.25) is 9.59 Å². The lowest BCUT2D eigenvalue weighted by molar-refractivity contribution is -0.224. The summed E-state index contributed by atoms with van der Waals surface area (Å²) in [5.41, 5.74) is 0.0525. The fourth-order valence-corrected chi connectivity index (χ4v) is 3.78. The quantitative estimate of drug-likeness (QED) is 0.500. The first-order valence-corrected chi connectivity index (χ1v) is 10.8. The average Bonchev–Trinajstić information content (AvgIpc) is 3.06. The lowest BCUT2D eigenvalue weighted by Gasteiger charge is -2.35. The van der Waals surface area contributed by atoms with Crippen LogP contribution in [-0.4, -0.2) is 48.8 Å². The normalized spacial score (nSPS) is 25.4. The van der Waals surface area contributed by atoms with Crippen LogP contribution >= 0.6 is 0 Å². The molecule has 178 valence electrons. The predicted molar refractivity (Wildman–Crippen MR) is 117 cm³/mol. The summed E-state index contributed by atoms with van der Waals surface area (Å²) in [6.45, 7) is 3.82. The highest BCUT2D eigenvalue weighted by atomic mass is 19.1. The molecule has 7 nitrogen and oxygen atoms in total. The van der Waals surface area contributed by atoms with Gasteiger partial charge < -0.3 is 23.7 Å². The van der Waals surface area contributed by atoms with E-state index >= 15 is 4.39 Å². The van der Waals surface area contributed by atoms with Gasteiger partial charge in [-0.2, -0.15) is 0 Å². The highest BCUT2D eigenvalue weighted by Gasteiger charge is 2.62. The van der Waals surface area contributed by atoms with E-state index in [9.17, 15) is 9.59 Å². The van der Waals surface area contributed by atoms with Crippen molar-refractivity contribution in [2.75, 3.05) is 6.61 Å². The maximum absolute atomic E-state index is 15.2. The van der Waals surface area contributed by atoms with E-state index < -0.39 is 42.2 Å². The van der Waals surface area contributed by atoms with Gasteiger partial charge in [-0.25, -0.2) is 4.39 Å². The van der Waals surface area contributed by atoms with Crippen molar-refractivity contribution in [3.8, 4) is 0 Å². The molecule has 0 amide bonds. The Balaban J connectivity index is 1.88. The van der Waals surface area contributed by atoms with Crippen molar-refractivity contribution in [3.63, 3.8) is 0 Å². The molecule has 0 aromatic heterocycles. The van der Waals surface area contributed by atoms with Crippen LogP contribution in [0, 0.1) is 0 Å². The Labute approximate surface area is 192 Å². The maximum atomic E-state index is 15.2. The molecule has 1 unspecified atom stereocenters. The minimum absolute atomic E-state index is 0.104. The molecule has 1 aliphatic heterocycles. The summed E-state index contributed by atoms with van der Waals surface area (Å²) in [4.78, 5) is 23.5. The van der Waals surface area contributed by atoms with E-state index in [2.05, 4.69) is 0 Å². The highest BCUT2D eigenvalue weighted by Crippen LogP contribution is 2.40. The van der Waals surface area contributed by atoms with Gasteiger partial charge in [0.1, 0.15) is 12.3 Å². The second kappa shape index (κ2) is 11.4. The van der Waals surface area contributed by atoms with Gasteiger partial charge in [-0.15, -0.1) is 0 Å². The molecule has 5 atom stereocenters. The number of carbonyl (C=O) groups excluding carboxylic acids is 2. The van der Waals surface area contributed by atoms with Gasteiger partial charge in [0.25, 0.3) is 0 Å². The molecule has 1 heterocycles. The summed E-state index contributed by atoms with van der Waals surface area (Å²) in [7, 11) is 0. The van der Waals surface area contributed by atoms with Gasteiger partial charge in [0.15, 0.2) is 11.7 Å². The van der Waals surface area contributed by atoms with Gasteiger partial charge >= 0.3 is 11.9 Å². The SMILES string of the molecule is CC(=O)O[C@@H]1O[C@@](COCc2ccccc2)(C(C)F)[C@@H](OCc2ccccc2)[C@H]1OC(C)=O. The average molecular weight is 460 g/mol. The molecule has 0 N–H and O–H groups in total. The smallest absolute Gasteiger partial charge is 0.305 e. The van der Waals surface area contributed by atoms with E-state index in [1.165, 1.54) is 20.8 Å². The molecule has 33 heavy (non-hydrogen) atoms. The van der Waals surface area contributed by atoms with Gasteiger partial charge in [0.2, 0.25) is 6.29 Å². The molecule has 0 spiro atoms. The first-order valence-electron chi connectivity index (χ1n) is 10.8. The number of benzene rings is 2. The Morgan fingerprint density at radius 2 is 1.48 bits per heavy atom. The van der Waals surface area contributed by atoms with Gasteiger partial charge in [0.05, 0.1) is 19.8 Å². The van der Waals surface area contributed by atoms with Crippen molar-refractivity contribution in [2.45, 2.75) is 64.3 Å².